The van der Waals surface area contributed by atoms with Crippen LogP contribution in [0.1, 0.15) is 6.92 Å². The molecule has 0 spiro atoms. The van der Waals surface area contributed by atoms with Gasteiger partial charge in [0.1, 0.15) is 6.61 Å². The summed E-state index contributed by atoms with van der Waals surface area (Å²) in [5, 5.41) is 0. The van der Waals surface area contributed by atoms with E-state index in [2.05, 4.69) is 9.47 Å². The molecule has 3 nitrogen and oxygen atoms in total. The Kier molecular flexibility index (Phi) is 12.7. The molecule has 0 fully saturated rings. The second-order valence-electron chi connectivity index (χ2n) is 1.33. The van der Waals surface area contributed by atoms with Crippen LogP contribution in [0.25, 0.3) is 0 Å². The molecule has 0 heterocycles. The third-order valence-corrected chi connectivity index (χ3v) is 0.593. The third kappa shape index (κ3) is 12.3. The Morgan fingerprint density at radius 1 is 1.44 bits per heavy atom. The average molecular weight is 257 g/mol. The molecule has 4 heteroatoms. The Morgan fingerprint density at radius 2 is 2.00 bits per heavy atom. The van der Waals surface area contributed by atoms with Crippen LogP contribution in [0, 0.1) is 0 Å². The Morgan fingerprint density at radius 3 is 2.33 bits per heavy atom. The topological polar surface area (TPSA) is 35.5 Å². The molecule has 0 saturated heterocycles. The molecule has 0 N–H and O–H groups in total. The minimum atomic E-state index is -0.262. The van der Waals surface area contributed by atoms with Gasteiger partial charge in [0.2, 0.25) is 0 Å². The van der Waals surface area contributed by atoms with Crippen molar-refractivity contribution in [2.24, 2.45) is 0 Å². The van der Waals surface area contributed by atoms with Crippen molar-refractivity contribution in [1.82, 2.24) is 0 Å². The van der Waals surface area contributed by atoms with Crippen molar-refractivity contribution in [1.29, 1.82) is 0 Å². The van der Waals surface area contributed by atoms with Crippen LogP contribution in [0.2, 0.25) is 0 Å². The summed E-state index contributed by atoms with van der Waals surface area (Å²) < 4.78 is 9.13. The van der Waals surface area contributed by atoms with Gasteiger partial charge in [-0.1, -0.05) is 0 Å². The molecule has 0 rings (SSSR count). The summed E-state index contributed by atoms with van der Waals surface area (Å²) in [5.74, 6) is -0.262. The number of rotatable bonds is 3. The van der Waals surface area contributed by atoms with Crippen molar-refractivity contribution in [3.8, 4) is 0 Å². The van der Waals surface area contributed by atoms with Gasteiger partial charge in [-0.3, -0.25) is 4.79 Å². The van der Waals surface area contributed by atoms with Gasteiger partial charge >= 0.3 is 54.9 Å². The van der Waals surface area contributed by atoms with Gasteiger partial charge < -0.3 is 9.47 Å². The number of ether oxygens (including phenoxy) is 2. The zero-order valence-corrected chi connectivity index (χ0v) is 5.14. The molecular weight excluding hydrogens is 245 g/mol. The van der Waals surface area contributed by atoms with E-state index in [1.54, 1.807) is 7.11 Å². The first-order chi connectivity index (χ1) is 3.77. The van der Waals surface area contributed by atoms with Gasteiger partial charge in [-0.05, 0) is 0 Å². The average Bonchev–Trinajstić information content (AvgIpc) is 1.66. The number of hydrogen-bond acceptors (Lipinski definition) is 3. The standard InChI is InChI=1S/C5H10O3.Ba.2H/c1-5(6)8-4-3-7-2;;;/h3-4H2,1-2H3;;;. The molecule has 0 aliphatic rings. The van der Waals surface area contributed by atoms with E-state index in [-0.39, 0.29) is 54.9 Å². The van der Waals surface area contributed by atoms with E-state index in [4.69, 9.17) is 0 Å². The Bertz CT molecular complexity index is 74.6. The fourth-order valence-corrected chi connectivity index (χ4v) is 0.269. The van der Waals surface area contributed by atoms with Crippen molar-refractivity contribution >= 4 is 54.9 Å². The van der Waals surface area contributed by atoms with E-state index in [1.807, 2.05) is 0 Å². The predicted molar refractivity (Wildman–Crippen MR) is 37.1 cm³/mol. The third-order valence-electron chi connectivity index (χ3n) is 0.593. The molecule has 0 bridgehead atoms. The quantitative estimate of drug-likeness (QED) is 0.380. The van der Waals surface area contributed by atoms with Crippen LogP contribution in [0.3, 0.4) is 0 Å². The van der Waals surface area contributed by atoms with Gasteiger partial charge in [0.15, 0.2) is 0 Å². The van der Waals surface area contributed by atoms with Gasteiger partial charge in [0.05, 0.1) is 6.61 Å². The van der Waals surface area contributed by atoms with Crippen LogP contribution in [0.4, 0.5) is 0 Å². The summed E-state index contributed by atoms with van der Waals surface area (Å²) in [6, 6.07) is 0. The maximum absolute atomic E-state index is 10.0. The number of methoxy groups -OCH3 is 1. The minimum absolute atomic E-state index is 0. The Balaban J connectivity index is 0. The maximum atomic E-state index is 10.0. The Labute approximate surface area is 95.2 Å². The summed E-state index contributed by atoms with van der Waals surface area (Å²) in [4.78, 5) is 10.0. The molecule has 0 saturated carbocycles. The second-order valence-corrected chi connectivity index (χ2v) is 1.33. The number of hydrogen-bond donors (Lipinski definition) is 0. The summed E-state index contributed by atoms with van der Waals surface area (Å²) in [6.45, 7) is 2.20. The van der Waals surface area contributed by atoms with Crippen LogP contribution >= 0.6 is 0 Å². The van der Waals surface area contributed by atoms with Gasteiger partial charge in [0.25, 0.3) is 0 Å². The van der Waals surface area contributed by atoms with Gasteiger partial charge in [-0.2, -0.15) is 0 Å². The van der Waals surface area contributed by atoms with Gasteiger partial charge in [-0.25, -0.2) is 0 Å². The van der Waals surface area contributed by atoms with Crippen LogP contribution in [-0.2, 0) is 14.3 Å². The van der Waals surface area contributed by atoms with Crippen LogP contribution in [0.5, 0.6) is 0 Å². The SMILES string of the molecule is COCCOC(C)=O.[BaH2]. The number of carbonyl (C=O) groups is 1. The summed E-state index contributed by atoms with van der Waals surface area (Å²) >= 11 is 0. The van der Waals surface area contributed by atoms with Gasteiger partial charge in [0, 0.05) is 14.0 Å². The zero-order valence-electron chi connectivity index (χ0n) is 5.14. The molecule has 0 aromatic carbocycles. The molecule has 0 aliphatic heterocycles. The first-order valence-electron chi connectivity index (χ1n) is 2.39. The fourth-order valence-electron chi connectivity index (χ4n) is 0.269. The van der Waals surface area contributed by atoms with E-state index >= 15 is 0 Å². The van der Waals surface area contributed by atoms with E-state index in [0.717, 1.165) is 0 Å². The molecule has 0 aromatic heterocycles. The van der Waals surface area contributed by atoms with E-state index in [0.29, 0.717) is 13.2 Å². The molecule has 52 valence electrons. The molecule has 0 atom stereocenters. The summed E-state index contributed by atoms with van der Waals surface area (Å²) in [5.41, 5.74) is 0. The first kappa shape index (κ1) is 12.7. The molecule has 0 amide bonds. The number of carbonyl (C=O) groups excluding carboxylic acids is 1. The van der Waals surface area contributed by atoms with Crippen molar-refractivity contribution < 1.29 is 14.3 Å². The second kappa shape index (κ2) is 9.00. The monoisotopic (exact) mass is 258 g/mol. The van der Waals surface area contributed by atoms with E-state index in [9.17, 15) is 4.79 Å². The summed E-state index contributed by atoms with van der Waals surface area (Å²) in [6.07, 6.45) is 0. The van der Waals surface area contributed by atoms with Crippen molar-refractivity contribution in [3.05, 3.63) is 0 Å². The normalized spacial score (nSPS) is 7.78. The van der Waals surface area contributed by atoms with Crippen LogP contribution < -0.4 is 0 Å². The van der Waals surface area contributed by atoms with Crippen LogP contribution in [0.15, 0.2) is 0 Å². The zero-order chi connectivity index (χ0) is 6.41. The summed E-state index contributed by atoms with van der Waals surface area (Å²) in [7, 11) is 1.56. The molecule has 0 aromatic rings. The fraction of sp³-hybridized carbons (Fsp3) is 0.800. The van der Waals surface area contributed by atoms with Gasteiger partial charge in [-0.15, -0.1) is 0 Å². The molecular formula is C5H12BaO3. The van der Waals surface area contributed by atoms with E-state index < -0.39 is 0 Å². The molecule has 0 unspecified atom stereocenters. The number of esters is 1. The molecule has 0 radical (unpaired) electrons. The van der Waals surface area contributed by atoms with Crippen molar-refractivity contribution in [2.75, 3.05) is 20.3 Å². The predicted octanol–water partition coefficient (Wildman–Crippen LogP) is -0.720. The Hall–Kier alpha value is 1.00. The molecule has 9 heavy (non-hydrogen) atoms. The van der Waals surface area contributed by atoms with Crippen molar-refractivity contribution in [3.63, 3.8) is 0 Å². The molecule has 0 aliphatic carbocycles. The van der Waals surface area contributed by atoms with Crippen LogP contribution in [-0.4, -0.2) is 75.2 Å². The van der Waals surface area contributed by atoms with Crippen molar-refractivity contribution in [2.45, 2.75) is 6.92 Å². The van der Waals surface area contributed by atoms with E-state index in [1.165, 1.54) is 6.92 Å². The first-order valence-corrected chi connectivity index (χ1v) is 2.39.